The second-order valence-electron chi connectivity index (χ2n) is 3.09. The summed E-state index contributed by atoms with van der Waals surface area (Å²) in [5.41, 5.74) is 1.80. The Hall–Kier alpha value is -1.23. The van der Waals surface area contributed by atoms with Gasteiger partial charge in [0, 0.05) is 12.1 Å². The van der Waals surface area contributed by atoms with Crippen molar-refractivity contribution < 1.29 is 4.92 Å². The standard InChI is InChI=1S/C9H12N2O2S/c1-7-6-8(11(12)13)4-5-9(7)10-14(2)3/h4-6H,1-3H3. The minimum atomic E-state index is -0.394. The van der Waals surface area contributed by atoms with Crippen LogP contribution in [-0.4, -0.2) is 17.4 Å². The molecule has 0 aromatic heterocycles. The van der Waals surface area contributed by atoms with E-state index >= 15 is 0 Å². The third kappa shape index (κ3) is 2.63. The van der Waals surface area contributed by atoms with E-state index in [2.05, 4.69) is 4.72 Å². The van der Waals surface area contributed by atoms with Crippen LogP contribution in [0.15, 0.2) is 18.2 Å². The molecule has 0 amide bonds. The Morgan fingerprint density at radius 1 is 1.43 bits per heavy atom. The van der Waals surface area contributed by atoms with Crippen LogP contribution in [0.3, 0.4) is 0 Å². The Balaban J connectivity index is 2.95. The van der Waals surface area contributed by atoms with E-state index in [1.165, 1.54) is 6.07 Å². The van der Waals surface area contributed by atoms with Crippen molar-refractivity contribution >= 4 is 22.5 Å². The maximum Gasteiger partial charge on any atom is 0.269 e. The Morgan fingerprint density at radius 2 is 2.07 bits per heavy atom. The topological polar surface area (TPSA) is 57.2 Å². The maximum atomic E-state index is 10.5. The average Bonchev–Trinajstić information content (AvgIpc) is 2.07. The third-order valence-electron chi connectivity index (χ3n) is 1.67. The summed E-state index contributed by atoms with van der Waals surface area (Å²) in [4.78, 5) is 10.1. The SMILES string of the molecule is Cc1cc([N+](=O)[O-])ccc1[N-][S+](C)C. The Kier molecular flexibility index (Phi) is 3.35. The van der Waals surface area contributed by atoms with Gasteiger partial charge in [0.05, 0.1) is 17.4 Å². The number of aryl methyl sites for hydroxylation is 1. The van der Waals surface area contributed by atoms with Crippen molar-refractivity contribution in [2.45, 2.75) is 6.92 Å². The molecule has 1 aromatic carbocycles. The minimum Gasteiger partial charge on any atom is -0.463 e. The molecule has 4 nitrogen and oxygen atoms in total. The van der Waals surface area contributed by atoms with E-state index in [0.29, 0.717) is 0 Å². The van der Waals surface area contributed by atoms with Crippen molar-refractivity contribution in [3.63, 3.8) is 0 Å². The van der Waals surface area contributed by atoms with Gasteiger partial charge in [-0.15, -0.1) is 0 Å². The number of non-ortho nitro benzene ring substituents is 1. The summed E-state index contributed by atoms with van der Waals surface area (Å²) in [5, 5.41) is 10.5. The van der Waals surface area contributed by atoms with Crippen LogP contribution < -0.4 is 0 Å². The van der Waals surface area contributed by atoms with Crippen molar-refractivity contribution in [2.75, 3.05) is 12.5 Å². The zero-order valence-electron chi connectivity index (χ0n) is 8.35. The molecular weight excluding hydrogens is 200 g/mol. The average molecular weight is 212 g/mol. The first kappa shape index (κ1) is 10.8. The Bertz CT molecular complexity index is 353. The van der Waals surface area contributed by atoms with Crippen molar-refractivity contribution in [1.29, 1.82) is 0 Å². The summed E-state index contributed by atoms with van der Waals surface area (Å²) in [6.07, 6.45) is 4.00. The number of hydrogen-bond donors (Lipinski definition) is 0. The molecular formula is C9H12N2O2S. The van der Waals surface area contributed by atoms with Gasteiger partial charge in [-0.1, -0.05) is 28.4 Å². The zero-order chi connectivity index (χ0) is 10.7. The molecule has 1 rings (SSSR count). The second kappa shape index (κ2) is 4.32. The fourth-order valence-corrected chi connectivity index (χ4v) is 1.65. The van der Waals surface area contributed by atoms with Crippen LogP contribution in [-0.2, 0) is 11.1 Å². The monoisotopic (exact) mass is 212 g/mol. The van der Waals surface area contributed by atoms with E-state index in [1.807, 2.05) is 19.4 Å². The van der Waals surface area contributed by atoms with Crippen LogP contribution in [0.1, 0.15) is 5.56 Å². The molecule has 1 aromatic rings. The molecule has 0 aliphatic rings. The summed E-state index contributed by atoms with van der Waals surface area (Å²) >= 11 is -0.0390. The van der Waals surface area contributed by atoms with Gasteiger partial charge in [-0.3, -0.25) is 10.1 Å². The van der Waals surface area contributed by atoms with Gasteiger partial charge in [0.15, 0.2) is 0 Å². The molecule has 5 heteroatoms. The molecule has 0 saturated carbocycles. The lowest BCUT2D eigenvalue weighted by Crippen LogP contribution is -1.92. The van der Waals surface area contributed by atoms with Gasteiger partial charge in [0.25, 0.3) is 5.69 Å². The van der Waals surface area contributed by atoms with Gasteiger partial charge in [-0.25, -0.2) is 0 Å². The summed E-state index contributed by atoms with van der Waals surface area (Å²) in [6, 6.07) is 4.73. The van der Waals surface area contributed by atoms with Gasteiger partial charge in [0.1, 0.15) is 0 Å². The molecule has 14 heavy (non-hydrogen) atoms. The minimum absolute atomic E-state index is 0.0390. The molecule has 0 bridgehead atoms. The summed E-state index contributed by atoms with van der Waals surface area (Å²) in [5.74, 6) is 0. The summed E-state index contributed by atoms with van der Waals surface area (Å²) < 4.78 is 4.36. The highest BCUT2D eigenvalue weighted by Crippen LogP contribution is 2.29. The van der Waals surface area contributed by atoms with Crippen LogP contribution in [0.5, 0.6) is 0 Å². The normalized spacial score (nSPS) is 10.3. The number of nitro benzene ring substituents is 1. The van der Waals surface area contributed by atoms with E-state index in [1.54, 1.807) is 12.1 Å². The number of nitro groups is 1. The van der Waals surface area contributed by atoms with Crippen LogP contribution in [0.2, 0.25) is 0 Å². The lowest BCUT2D eigenvalue weighted by Gasteiger charge is -2.18. The van der Waals surface area contributed by atoms with Crippen LogP contribution in [0.25, 0.3) is 4.72 Å². The molecule has 0 N–H and O–H groups in total. The second-order valence-corrected chi connectivity index (χ2v) is 4.82. The van der Waals surface area contributed by atoms with E-state index in [9.17, 15) is 10.1 Å². The van der Waals surface area contributed by atoms with Gasteiger partial charge in [-0.2, -0.15) is 0 Å². The fraction of sp³-hybridized carbons (Fsp3) is 0.333. The van der Waals surface area contributed by atoms with Gasteiger partial charge in [-0.05, 0) is 6.92 Å². The van der Waals surface area contributed by atoms with Crippen LogP contribution in [0.4, 0.5) is 11.4 Å². The molecule has 0 atom stereocenters. The number of nitrogens with zero attached hydrogens (tertiary/aromatic N) is 2. The molecule has 0 unspecified atom stereocenters. The fourth-order valence-electron chi connectivity index (χ4n) is 1.05. The number of rotatable bonds is 3. The molecule has 0 radical (unpaired) electrons. The molecule has 0 heterocycles. The number of benzene rings is 1. The highest BCUT2D eigenvalue weighted by Gasteiger charge is 2.05. The maximum absolute atomic E-state index is 10.5. The molecule has 0 aliphatic heterocycles. The lowest BCUT2D eigenvalue weighted by molar-refractivity contribution is -0.384. The largest absolute Gasteiger partial charge is 0.463 e. The predicted octanol–water partition coefficient (Wildman–Crippen LogP) is 2.70. The molecule has 0 saturated heterocycles. The van der Waals surface area contributed by atoms with Crippen LogP contribution >= 0.6 is 0 Å². The van der Waals surface area contributed by atoms with Crippen molar-refractivity contribution in [1.82, 2.24) is 0 Å². The summed E-state index contributed by atoms with van der Waals surface area (Å²) in [7, 11) is 0. The molecule has 0 fully saturated rings. The quantitative estimate of drug-likeness (QED) is 0.439. The third-order valence-corrected chi connectivity index (χ3v) is 2.23. The molecule has 0 spiro atoms. The predicted molar refractivity (Wildman–Crippen MR) is 60.1 cm³/mol. The highest BCUT2D eigenvalue weighted by molar-refractivity contribution is 7.98. The lowest BCUT2D eigenvalue weighted by atomic mass is 10.2. The molecule has 0 aliphatic carbocycles. The van der Waals surface area contributed by atoms with Crippen LogP contribution in [0, 0.1) is 17.0 Å². The first-order valence-corrected chi connectivity index (χ1v) is 6.05. The van der Waals surface area contributed by atoms with Gasteiger partial charge < -0.3 is 4.72 Å². The van der Waals surface area contributed by atoms with Gasteiger partial charge >= 0.3 is 0 Å². The van der Waals surface area contributed by atoms with E-state index < -0.39 is 4.92 Å². The van der Waals surface area contributed by atoms with E-state index in [0.717, 1.165) is 11.3 Å². The first-order valence-electron chi connectivity index (χ1n) is 4.05. The van der Waals surface area contributed by atoms with Crippen molar-refractivity contribution in [3.8, 4) is 0 Å². The van der Waals surface area contributed by atoms with E-state index in [-0.39, 0.29) is 16.8 Å². The molecule has 76 valence electrons. The number of hydrogen-bond acceptors (Lipinski definition) is 2. The zero-order valence-corrected chi connectivity index (χ0v) is 9.17. The van der Waals surface area contributed by atoms with E-state index in [4.69, 9.17) is 0 Å². The summed E-state index contributed by atoms with van der Waals surface area (Å²) in [6.45, 7) is 1.83. The Labute approximate surface area is 86.0 Å². The Morgan fingerprint density at radius 3 is 2.50 bits per heavy atom. The van der Waals surface area contributed by atoms with Crippen molar-refractivity contribution in [2.24, 2.45) is 0 Å². The highest BCUT2D eigenvalue weighted by atomic mass is 32.2. The smallest absolute Gasteiger partial charge is 0.269 e. The first-order chi connectivity index (χ1) is 6.50. The van der Waals surface area contributed by atoms with Crippen molar-refractivity contribution in [3.05, 3.63) is 38.6 Å². The van der Waals surface area contributed by atoms with Gasteiger partial charge in [0.2, 0.25) is 0 Å².